The Morgan fingerprint density at radius 1 is 1.03 bits per heavy atom. The molecule has 3 aromatic rings. The predicted octanol–water partition coefficient (Wildman–Crippen LogP) is 5.72. The van der Waals surface area contributed by atoms with E-state index in [1.54, 1.807) is 12.1 Å². The Kier molecular flexibility index (Phi) is 7.33. The van der Waals surface area contributed by atoms with Crippen molar-refractivity contribution in [1.82, 2.24) is 10.3 Å². The second kappa shape index (κ2) is 10.8. The summed E-state index contributed by atoms with van der Waals surface area (Å²) in [5.74, 6) is -0.00139. The molecule has 1 amide bonds. The molecule has 1 aliphatic heterocycles. The number of nitrogens with zero attached hydrogens (tertiary/aromatic N) is 4. The highest BCUT2D eigenvalue weighted by atomic mass is 32.1. The fourth-order valence-corrected chi connectivity index (χ4v) is 5.41. The van der Waals surface area contributed by atoms with Gasteiger partial charge >= 0.3 is 0 Å². The molecule has 2 atom stereocenters. The molecule has 196 valence electrons. The van der Waals surface area contributed by atoms with Crippen molar-refractivity contribution in [2.24, 2.45) is 11.0 Å². The second-order valence-electron chi connectivity index (χ2n) is 10.2. The van der Waals surface area contributed by atoms with Crippen molar-refractivity contribution in [2.75, 3.05) is 38.0 Å². The van der Waals surface area contributed by atoms with Crippen molar-refractivity contribution in [3.63, 3.8) is 0 Å². The number of hydrogen-bond acceptors (Lipinski definition) is 6. The number of rotatable bonds is 5. The lowest BCUT2D eigenvalue weighted by molar-refractivity contribution is 0.0944. The SMILES string of the molecule is CN(C)c1ccc(/C=C2/CCC[C@@H]3C2=NN(C(=S)NC(=O)c2ccco2)[C@@H]3c2ccc(N(C)C)cc2)cc1. The van der Waals surface area contributed by atoms with Crippen LogP contribution in [0.5, 0.6) is 0 Å². The van der Waals surface area contributed by atoms with E-state index < -0.39 is 0 Å². The molecule has 2 heterocycles. The molecule has 8 heteroatoms. The molecule has 1 N–H and O–H groups in total. The first-order valence-electron chi connectivity index (χ1n) is 12.8. The van der Waals surface area contributed by atoms with Gasteiger partial charge in [0, 0.05) is 45.5 Å². The predicted molar refractivity (Wildman–Crippen MR) is 158 cm³/mol. The van der Waals surface area contributed by atoms with E-state index in [1.165, 1.54) is 11.8 Å². The van der Waals surface area contributed by atoms with Crippen molar-refractivity contribution in [2.45, 2.75) is 25.3 Å². The van der Waals surface area contributed by atoms with Gasteiger partial charge in [-0.3, -0.25) is 10.1 Å². The number of amides is 1. The number of allylic oxidation sites excluding steroid dienone is 1. The van der Waals surface area contributed by atoms with E-state index in [2.05, 4.69) is 69.7 Å². The second-order valence-corrected chi connectivity index (χ2v) is 10.5. The Balaban J connectivity index is 1.49. The highest BCUT2D eigenvalue weighted by Crippen LogP contribution is 2.44. The Hall–Kier alpha value is -3.91. The minimum absolute atomic E-state index is 0.106. The van der Waals surface area contributed by atoms with Crippen LogP contribution in [0.1, 0.15) is 47.0 Å². The van der Waals surface area contributed by atoms with E-state index in [0.29, 0.717) is 0 Å². The van der Waals surface area contributed by atoms with Crippen molar-refractivity contribution in [3.05, 3.63) is 89.4 Å². The highest BCUT2D eigenvalue weighted by molar-refractivity contribution is 7.80. The molecule has 2 aromatic carbocycles. The van der Waals surface area contributed by atoms with Crippen LogP contribution in [0.3, 0.4) is 0 Å². The van der Waals surface area contributed by atoms with Gasteiger partial charge in [-0.1, -0.05) is 24.3 Å². The minimum Gasteiger partial charge on any atom is -0.459 e. The normalized spacial score (nSPS) is 19.6. The maximum Gasteiger partial charge on any atom is 0.293 e. The molecule has 7 nitrogen and oxygen atoms in total. The van der Waals surface area contributed by atoms with E-state index in [-0.39, 0.29) is 28.7 Å². The number of nitrogens with one attached hydrogen (secondary N) is 1. The van der Waals surface area contributed by atoms with Gasteiger partial charge in [-0.05, 0) is 90.7 Å². The summed E-state index contributed by atoms with van der Waals surface area (Å²) in [7, 11) is 8.14. The third-order valence-corrected chi connectivity index (χ3v) is 7.47. The molecule has 1 saturated carbocycles. The number of benzene rings is 2. The van der Waals surface area contributed by atoms with Gasteiger partial charge in [0.15, 0.2) is 10.9 Å². The summed E-state index contributed by atoms with van der Waals surface area (Å²) in [6.45, 7) is 0. The van der Waals surface area contributed by atoms with Crippen molar-refractivity contribution >= 4 is 46.4 Å². The third kappa shape index (κ3) is 5.22. The third-order valence-electron chi connectivity index (χ3n) is 7.18. The van der Waals surface area contributed by atoms with Crippen molar-refractivity contribution < 1.29 is 9.21 Å². The van der Waals surface area contributed by atoms with Gasteiger partial charge in [0.2, 0.25) is 0 Å². The molecule has 0 radical (unpaired) electrons. The van der Waals surface area contributed by atoms with Crippen LogP contribution in [0.4, 0.5) is 11.4 Å². The first kappa shape index (κ1) is 25.7. The summed E-state index contributed by atoms with van der Waals surface area (Å²) >= 11 is 5.75. The van der Waals surface area contributed by atoms with Gasteiger partial charge in [-0.25, -0.2) is 5.01 Å². The summed E-state index contributed by atoms with van der Waals surface area (Å²) in [6, 6.07) is 20.2. The lowest BCUT2D eigenvalue weighted by Crippen LogP contribution is -2.41. The largest absolute Gasteiger partial charge is 0.459 e. The van der Waals surface area contributed by atoms with Crippen LogP contribution >= 0.6 is 12.2 Å². The molecule has 5 rings (SSSR count). The topological polar surface area (TPSA) is 64.3 Å². The Morgan fingerprint density at radius 2 is 1.68 bits per heavy atom. The van der Waals surface area contributed by atoms with Gasteiger partial charge in [0.05, 0.1) is 18.0 Å². The summed E-state index contributed by atoms with van der Waals surface area (Å²) in [4.78, 5) is 16.9. The molecule has 0 saturated heterocycles. The van der Waals surface area contributed by atoms with E-state index in [0.717, 1.165) is 47.5 Å². The number of thiocarbonyl (C=S) groups is 1. The molecule has 0 spiro atoms. The molecule has 1 fully saturated rings. The Morgan fingerprint density at radius 3 is 2.29 bits per heavy atom. The summed E-state index contributed by atoms with van der Waals surface area (Å²) in [5, 5.41) is 9.97. The standard InChI is InChI=1S/C30H33N5O2S/c1-33(2)23-14-10-20(11-15-23)19-22-7-5-8-25-27(22)32-35(30(38)31-29(36)26-9-6-18-37-26)28(25)21-12-16-24(17-13-21)34(3)4/h6,9-19,25,28H,5,7-8H2,1-4H3,(H,31,36,38)/b22-19-/t25-,28-/m1/s1. The Labute approximate surface area is 229 Å². The maximum absolute atomic E-state index is 12.7. The highest BCUT2D eigenvalue weighted by Gasteiger charge is 2.43. The van der Waals surface area contributed by atoms with Gasteiger partial charge in [-0.2, -0.15) is 5.10 Å². The van der Waals surface area contributed by atoms with Gasteiger partial charge in [-0.15, -0.1) is 0 Å². The van der Waals surface area contributed by atoms with Gasteiger partial charge < -0.3 is 14.2 Å². The van der Waals surface area contributed by atoms with E-state index in [4.69, 9.17) is 21.7 Å². The average Bonchev–Trinajstić information content (AvgIpc) is 3.58. The van der Waals surface area contributed by atoms with Gasteiger partial charge in [0.25, 0.3) is 5.91 Å². The molecule has 1 aliphatic carbocycles. The molecular formula is C30H33N5O2S. The quantitative estimate of drug-likeness (QED) is 0.428. The molecule has 2 aliphatic rings. The molecule has 0 unspecified atom stereocenters. The zero-order chi connectivity index (χ0) is 26.8. The number of carbonyl (C=O) groups is 1. The Bertz CT molecular complexity index is 1360. The van der Waals surface area contributed by atoms with Crippen molar-refractivity contribution in [1.29, 1.82) is 0 Å². The van der Waals surface area contributed by atoms with Crippen LogP contribution in [-0.2, 0) is 0 Å². The molecule has 38 heavy (non-hydrogen) atoms. The van der Waals surface area contributed by atoms with E-state index in [1.807, 2.05) is 33.2 Å². The zero-order valence-corrected chi connectivity index (χ0v) is 23.0. The molecule has 0 bridgehead atoms. The van der Waals surface area contributed by atoms with Gasteiger partial charge in [0.1, 0.15) is 0 Å². The zero-order valence-electron chi connectivity index (χ0n) is 22.2. The average molecular weight is 528 g/mol. The minimum atomic E-state index is -0.381. The van der Waals surface area contributed by atoms with Crippen LogP contribution in [0.15, 0.2) is 82.0 Å². The fraction of sp³-hybridized carbons (Fsp3) is 0.300. The number of anilines is 2. The number of carbonyl (C=O) groups excluding carboxylic acids is 1. The van der Waals surface area contributed by atoms with Crippen molar-refractivity contribution in [3.8, 4) is 0 Å². The first-order chi connectivity index (χ1) is 18.3. The van der Waals surface area contributed by atoms with Crippen LogP contribution in [-0.4, -0.2) is 49.9 Å². The smallest absolute Gasteiger partial charge is 0.293 e. The number of fused-ring (bicyclic) bond motifs is 1. The number of hydrogen-bond donors (Lipinski definition) is 1. The monoisotopic (exact) mass is 527 g/mol. The number of hydrazone groups is 1. The molecular weight excluding hydrogens is 494 g/mol. The van der Waals surface area contributed by atoms with Crippen LogP contribution < -0.4 is 15.1 Å². The summed E-state index contributed by atoms with van der Waals surface area (Å²) in [6.07, 6.45) is 6.74. The lowest BCUT2D eigenvalue weighted by atomic mass is 9.77. The first-order valence-corrected chi connectivity index (χ1v) is 13.2. The number of furan rings is 1. The summed E-state index contributed by atoms with van der Waals surface area (Å²) in [5.41, 5.74) is 6.81. The van der Waals surface area contributed by atoms with Crippen LogP contribution in [0, 0.1) is 5.92 Å². The maximum atomic E-state index is 12.7. The van der Waals surface area contributed by atoms with E-state index >= 15 is 0 Å². The lowest BCUT2D eigenvalue weighted by Gasteiger charge is -2.31. The molecule has 1 aromatic heterocycles. The fourth-order valence-electron chi connectivity index (χ4n) is 5.16. The summed E-state index contributed by atoms with van der Waals surface area (Å²) < 4.78 is 5.26. The van der Waals surface area contributed by atoms with E-state index in [9.17, 15) is 4.79 Å². The van der Waals surface area contributed by atoms with Crippen LogP contribution in [0.25, 0.3) is 6.08 Å². The van der Waals surface area contributed by atoms with Crippen LogP contribution in [0.2, 0.25) is 0 Å².